The molecule has 1 saturated heterocycles. The first-order chi connectivity index (χ1) is 8.66. The van der Waals surface area contributed by atoms with Crippen LogP contribution in [0.15, 0.2) is 22.7 Å². The number of hydrogen-bond donors (Lipinski definition) is 2. The molecular weight excluding hydrogens is 296 g/mol. The summed E-state index contributed by atoms with van der Waals surface area (Å²) >= 11 is 3.32. The van der Waals surface area contributed by atoms with Gasteiger partial charge in [0.25, 0.3) is 5.91 Å². The topological polar surface area (TPSA) is 64.4 Å². The van der Waals surface area contributed by atoms with Crippen molar-refractivity contribution in [3.8, 4) is 0 Å². The summed E-state index contributed by atoms with van der Waals surface area (Å²) in [5.41, 5.74) is 6.85. The van der Waals surface area contributed by atoms with Crippen LogP contribution >= 0.6 is 15.9 Å². The summed E-state index contributed by atoms with van der Waals surface area (Å²) in [5.74, 6) is 0.408. The first-order valence-electron chi connectivity index (χ1n) is 6.08. The zero-order valence-corrected chi connectivity index (χ0v) is 11.7. The van der Waals surface area contributed by atoms with Gasteiger partial charge in [0.15, 0.2) is 0 Å². The summed E-state index contributed by atoms with van der Waals surface area (Å²) in [5, 5.41) is 2.94. The van der Waals surface area contributed by atoms with Gasteiger partial charge in [-0.25, -0.2) is 0 Å². The van der Waals surface area contributed by atoms with Gasteiger partial charge in [0.05, 0.1) is 5.56 Å². The molecule has 4 nitrogen and oxygen atoms in total. The number of halogens is 1. The SMILES string of the molecule is Nc1cc(Br)ccc1C(=O)NCC1CCOCC1. The Labute approximate surface area is 115 Å². The van der Waals surface area contributed by atoms with E-state index in [2.05, 4.69) is 21.2 Å². The first kappa shape index (κ1) is 13.4. The van der Waals surface area contributed by atoms with Crippen molar-refractivity contribution in [1.82, 2.24) is 5.32 Å². The molecule has 18 heavy (non-hydrogen) atoms. The Bertz CT molecular complexity index is 431. The summed E-state index contributed by atoms with van der Waals surface area (Å²) < 4.78 is 6.16. The van der Waals surface area contributed by atoms with Gasteiger partial charge in [-0.15, -0.1) is 0 Å². The maximum atomic E-state index is 12.0. The highest BCUT2D eigenvalue weighted by atomic mass is 79.9. The molecule has 1 amide bonds. The highest BCUT2D eigenvalue weighted by Gasteiger charge is 2.16. The number of nitrogens with two attached hydrogens (primary N) is 1. The Hall–Kier alpha value is -1.07. The third-order valence-electron chi connectivity index (χ3n) is 3.15. The monoisotopic (exact) mass is 312 g/mol. The van der Waals surface area contributed by atoms with Crippen LogP contribution in [0.2, 0.25) is 0 Å². The number of nitrogens with one attached hydrogen (secondary N) is 1. The van der Waals surface area contributed by atoms with Gasteiger partial charge in [0, 0.05) is 29.9 Å². The number of nitrogen functional groups attached to an aromatic ring is 1. The molecule has 3 N–H and O–H groups in total. The van der Waals surface area contributed by atoms with E-state index < -0.39 is 0 Å². The number of carbonyl (C=O) groups excluding carboxylic acids is 1. The zero-order chi connectivity index (χ0) is 13.0. The average Bonchev–Trinajstić information content (AvgIpc) is 2.37. The van der Waals surface area contributed by atoms with Gasteiger partial charge in [-0.1, -0.05) is 15.9 Å². The molecule has 0 bridgehead atoms. The van der Waals surface area contributed by atoms with Crippen molar-refractivity contribution in [3.05, 3.63) is 28.2 Å². The fourth-order valence-corrected chi connectivity index (χ4v) is 2.40. The summed E-state index contributed by atoms with van der Waals surface area (Å²) in [6.07, 6.45) is 2.02. The second kappa shape index (κ2) is 6.20. The predicted molar refractivity (Wildman–Crippen MR) is 74.4 cm³/mol. The van der Waals surface area contributed by atoms with Crippen LogP contribution in [0.1, 0.15) is 23.2 Å². The molecule has 0 spiro atoms. The fourth-order valence-electron chi connectivity index (χ4n) is 2.02. The van der Waals surface area contributed by atoms with E-state index in [0.717, 1.165) is 30.5 Å². The number of hydrogen-bond acceptors (Lipinski definition) is 3. The van der Waals surface area contributed by atoms with E-state index in [1.165, 1.54) is 0 Å². The van der Waals surface area contributed by atoms with Gasteiger partial charge >= 0.3 is 0 Å². The Morgan fingerprint density at radius 2 is 2.17 bits per heavy atom. The third-order valence-corrected chi connectivity index (χ3v) is 3.64. The fraction of sp³-hybridized carbons (Fsp3) is 0.462. The highest BCUT2D eigenvalue weighted by molar-refractivity contribution is 9.10. The van der Waals surface area contributed by atoms with Gasteiger partial charge in [-0.2, -0.15) is 0 Å². The first-order valence-corrected chi connectivity index (χ1v) is 6.87. The van der Waals surface area contributed by atoms with E-state index >= 15 is 0 Å². The number of rotatable bonds is 3. The van der Waals surface area contributed by atoms with E-state index in [4.69, 9.17) is 10.5 Å². The smallest absolute Gasteiger partial charge is 0.253 e. The van der Waals surface area contributed by atoms with E-state index in [1.54, 1.807) is 12.1 Å². The van der Waals surface area contributed by atoms with Crippen molar-refractivity contribution >= 4 is 27.5 Å². The maximum Gasteiger partial charge on any atom is 0.253 e. The molecule has 1 aliphatic heterocycles. The predicted octanol–water partition coefficient (Wildman–Crippen LogP) is 2.19. The molecule has 98 valence electrons. The zero-order valence-electron chi connectivity index (χ0n) is 10.1. The van der Waals surface area contributed by atoms with Crippen LogP contribution in [0.4, 0.5) is 5.69 Å². The molecular formula is C13H17BrN2O2. The van der Waals surface area contributed by atoms with Gasteiger partial charge in [0.1, 0.15) is 0 Å². The van der Waals surface area contributed by atoms with Crippen molar-refractivity contribution in [2.45, 2.75) is 12.8 Å². The van der Waals surface area contributed by atoms with Crippen molar-refractivity contribution in [1.29, 1.82) is 0 Å². The van der Waals surface area contributed by atoms with Crippen molar-refractivity contribution in [2.75, 3.05) is 25.5 Å². The van der Waals surface area contributed by atoms with Crippen molar-refractivity contribution in [2.24, 2.45) is 5.92 Å². The molecule has 1 aromatic rings. The van der Waals surface area contributed by atoms with Gasteiger partial charge in [-0.05, 0) is 37.0 Å². The molecule has 0 aromatic heterocycles. The second-order valence-electron chi connectivity index (χ2n) is 4.50. The number of anilines is 1. The lowest BCUT2D eigenvalue weighted by Gasteiger charge is -2.22. The lowest BCUT2D eigenvalue weighted by atomic mass is 10.0. The molecule has 0 aliphatic carbocycles. The van der Waals surface area contributed by atoms with Gasteiger partial charge in [-0.3, -0.25) is 4.79 Å². The molecule has 1 fully saturated rings. The van der Waals surface area contributed by atoms with Crippen LogP contribution in [0, 0.1) is 5.92 Å². The largest absolute Gasteiger partial charge is 0.398 e. The van der Waals surface area contributed by atoms with Crippen LogP contribution in [-0.4, -0.2) is 25.7 Å². The Kier molecular flexibility index (Phi) is 4.60. The highest BCUT2D eigenvalue weighted by Crippen LogP contribution is 2.19. The van der Waals surface area contributed by atoms with Gasteiger partial charge < -0.3 is 15.8 Å². The molecule has 1 aromatic carbocycles. The number of carbonyl (C=O) groups is 1. The molecule has 0 saturated carbocycles. The number of amides is 1. The molecule has 0 radical (unpaired) electrons. The second-order valence-corrected chi connectivity index (χ2v) is 5.41. The summed E-state index contributed by atoms with van der Waals surface area (Å²) in [7, 11) is 0. The van der Waals surface area contributed by atoms with Crippen LogP contribution in [0.25, 0.3) is 0 Å². The molecule has 5 heteroatoms. The molecule has 0 atom stereocenters. The van der Waals surface area contributed by atoms with Crippen LogP contribution < -0.4 is 11.1 Å². The third kappa shape index (κ3) is 3.46. The van der Waals surface area contributed by atoms with Crippen LogP contribution in [0.3, 0.4) is 0 Å². The van der Waals surface area contributed by atoms with E-state index in [9.17, 15) is 4.79 Å². The summed E-state index contributed by atoms with van der Waals surface area (Å²) in [6.45, 7) is 2.28. The van der Waals surface area contributed by atoms with Crippen molar-refractivity contribution < 1.29 is 9.53 Å². The summed E-state index contributed by atoms with van der Waals surface area (Å²) in [4.78, 5) is 12.0. The minimum Gasteiger partial charge on any atom is -0.398 e. The van der Waals surface area contributed by atoms with Crippen LogP contribution in [-0.2, 0) is 4.74 Å². The Balaban J connectivity index is 1.90. The average molecular weight is 313 g/mol. The lowest BCUT2D eigenvalue weighted by molar-refractivity contribution is 0.0643. The Morgan fingerprint density at radius 1 is 1.44 bits per heavy atom. The van der Waals surface area contributed by atoms with E-state index in [1.807, 2.05) is 6.07 Å². The number of ether oxygens (including phenoxy) is 1. The quantitative estimate of drug-likeness (QED) is 0.841. The van der Waals surface area contributed by atoms with Crippen molar-refractivity contribution in [3.63, 3.8) is 0 Å². The normalized spacial score (nSPS) is 16.5. The lowest BCUT2D eigenvalue weighted by Crippen LogP contribution is -2.32. The molecule has 1 heterocycles. The molecule has 0 unspecified atom stereocenters. The standard InChI is InChI=1S/C13H17BrN2O2/c14-10-1-2-11(12(15)7-10)13(17)16-8-9-3-5-18-6-4-9/h1-2,7,9H,3-6,8,15H2,(H,16,17). The number of benzene rings is 1. The summed E-state index contributed by atoms with van der Waals surface area (Å²) in [6, 6.07) is 5.29. The molecule has 2 rings (SSSR count). The minimum atomic E-state index is -0.105. The van der Waals surface area contributed by atoms with Gasteiger partial charge in [0.2, 0.25) is 0 Å². The Morgan fingerprint density at radius 3 is 2.83 bits per heavy atom. The van der Waals surface area contributed by atoms with E-state index in [0.29, 0.717) is 23.7 Å². The molecule has 1 aliphatic rings. The minimum absolute atomic E-state index is 0.105. The van der Waals surface area contributed by atoms with E-state index in [-0.39, 0.29) is 5.91 Å². The maximum absolute atomic E-state index is 12.0. The van der Waals surface area contributed by atoms with Crippen LogP contribution in [0.5, 0.6) is 0 Å².